The third kappa shape index (κ3) is 9.63. The van der Waals surface area contributed by atoms with Crippen molar-refractivity contribution in [3.63, 3.8) is 0 Å². The van der Waals surface area contributed by atoms with Crippen molar-refractivity contribution < 1.29 is 9.59 Å². The molecular weight excluding hydrogens is 206 g/mol. The first-order valence-corrected chi connectivity index (χ1v) is 6.57. The van der Waals surface area contributed by atoms with Gasteiger partial charge in [-0.15, -0.1) is 0 Å². The van der Waals surface area contributed by atoms with E-state index in [-0.39, 0.29) is 18.1 Å². The van der Waals surface area contributed by atoms with E-state index in [0.29, 0.717) is 6.42 Å². The van der Waals surface area contributed by atoms with Gasteiger partial charge in [-0.2, -0.15) is 0 Å². The van der Waals surface area contributed by atoms with Gasteiger partial charge in [0.15, 0.2) is 11.6 Å². The summed E-state index contributed by atoms with van der Waals surface area (Å²) in [6.07, 6.45) is 3.72. The van der Waals surface area contributed by atoms with Crippen LogP contribution in [-0.2, 0) is 9.59 Å². The van der Waals surface area contributed by atoms with E-state index in [2.05, 4.69) is 4.99 Å². The third-order valence-electron chi connectivity index (χ3n) is 1.10. The fraction of sp³-hybridized carbons (Fsp3) is 0.625. The SMILES string of the molecule is CSSCCC(=O)C=NCC(C)=O. The summed E-state index contributed by atoms with van der Waals surface area (Å²) in [5.74, 6) is 0.761. The predicted molar refractivity (Wildman–Crippen MR) is 59.6 cm³/mol. The van der Waals surface area contributed by atoms with Gasteiger partial charge in [-0.05, 0) is 13.2 Å². The van der Waals surface area contributed by atoms with Crippen molar-refractivity contribution in [3.8, 4) is 0 Å². The molecule has 0 aliphatic heterocycles. The van der Waals surface area contributed by atoms with Crippen molar-refractivity contribution in [2.45, 2.75) is 13.3 Å². The van der Waals surface area contributed by atoms with Gasteiger partial charge in [0.2, 0.25) is 0 Å². The topological polar surface area (TPSA) is 46.5 Å². The van der Waals surface area contributed by atoms with Gasteiger partial charge in [0.1, 0.15) is 0 Å². The van der Waals surface area contributed by atoms with Gasteiger partial charge in [0.05, 0.1) is 12.8 Å². The van der Waals surface area contributed by atoms with Crippen LogP contribution in [0.4, 0.5) is 0 Å². The number of rotatable bonds is 7. The van der Waals surface area contributed by atoms with Crippen molar-refractivity contribution in [1.82, 2.24) is 0 Å². The standard InChI is InChI=1S/C8H13NO2S2/c1-7(10)5-9-6-8(11)3-4-13-12-2/h6H,3-5H2,1-2H3. The van der Waals surface area contributed by atoms with Crippen LogP contribution in [0.25, 0.3) is 0 Å². The first-order chi connectivity index (χ1) is 6.16. The molecule has 0 radical (unpaired) electrons. The number of ketones is 2. The van der Waals surface area contributed by atoms with Crippen LogP contribution in [0.1, 0.15) is 13.3 Å². The number of aliphatic imine (C=N–C) groups is 1. The Kier molecular flexibility index (Phi) is 8.13. The highest BCUT2D eigenvalue weighted by molar-refractivity contribution is 8.76. The van der Waals surface area contributed by atoms with Crippen LogP contribution in [0.15, 0.2) is 4.99 Å². The van der Waals surface area contributed by atoms with Crippen LogP contribution in [0, 0.1) is 0 Å². The lowest BCUT2D eigenvalue weighted by atomic mass is 10.3. The molecule has 0 aliphatic carbocycles. The van der Waals surface area contributed by atoms with Gasteiger partial charge in [-0.25, -0.2) is 0 Å². The Morgan fingerprint density at radius 3 is 2.69 bits per heavy atom. The fourth-order valence-electron chi connectivity index (χ4n) is 0.566. The zero-order chi connectivity index (χ0) is 10.1. The number of hydrogen-bond donors (Lipinski definition) is 0. The maximum Gasteiger partial charge on any atom is 0.174 e. The quantitative estimate of drug-likeness (QED) is 0.371. The van der Waals surface area contributed by atoms with Crippen molar-refractivity contribution >= 4 is 39.4 Å². The Bertz CT molecular complexity index is 204. The van der Waals surface area contributed by atoms with E-state index in [4.69, 9.17) is 0 Å². The minimum absolute atomic E-state index is 0.0113. The van der Waals surface area contributed by atoms with E-state index >= 15 is 0 Å². The van der Waals surface area contributed by atoms with Crippen LogP contribution in [0.5, 0.6) is 0 Å². The first kappa shape index (κ1) is 12.7. The molecule has 0 spiro atoms. The molecule has 0 saturated heterocycles. The molecule has 0 aromatic rings. The third-order valence-corrected chi connectivity index (χ3v) is 2.91. The molecule has 0 aromatic carbocycles. The molecule has 0 aromatic heterocycles. The Labute approximate surface area is 86.2 Å². The predicted octanol–water partition coefficient (Wildman–Crippen LogP) is 1.62. The van der Waals surface area contributed by atoms with E-state index in [1.165, 1.54) is 13.1 Å². The van der Waals surface area contributed by atoms with Crippen LogP contribution < -0.4 is 0 Å². The second kappa shape index (κ2) is 8.31. The second-order valence-electron chi connectivity index (χ2n) is 2.38. The smallest absolute Gasteiger partial charge is 0.174 e. The second-order valence-corrected chi connectivity index (χ2v) is 5.06. The highest BCUT2D eigenvalue weighted by atomic mass is 33.1. The molecule has 0 fully saturated rings. The Morgan fingerprint density at radius 1 is 1.46 bits per heavy atom. The number of nitrogens with zero attached hydrogens (tertiary/aromatic N) is 1. The molecule has 0 heterocycles. The highest BCUT2D eigenvalue weighted by Gasteiger charge is 1.97. The maximum atomic E-state index is 11.0. The fourth-order valence-corrected chi connectivity index (χ4v) is 1.77. The zero-order valence-electron chi connectivity index (χ0n) is 7.78. The Balaban J connectivity index is 3.49. The molecule has 0 saturated carbocycles. The molecule has 74 valence electrons. The normalized spacial score (nSPS) is 10.6. The molecule has 13 heavy (non-hydrogen) atoms. The summed E-state index contributed by atoms with van der Waals surface area (Å²) in [4.78, 5) is 25.2. The average Bonchev–Trinajstić information content (AvgIpc) is 2.04. The van der Waals surface area contributed by atoms with Crippen LogP contribution in [0.3, 0.4) is 0 Å². The number of carbonyl (C=O) groups excluding carboxylic acids is 2. The summed E-state index contributed by atoms with van der Waals surface area (Å²) >= 11 is 0. The number of Topliss-reactive ketones (excluding diaryl/α,β-unsaturated/α-hetero) is 2. The van der Waals surface area contributed by atoms with Crippen molar-refractivity contribution in [1.29, 1.82) is 0 Å². The Morgan fingerprint density at radius 2 is 2.15 bits per heavy atom. The van der Waals surface area contributed by atoms with E-state index < -0.39 is 0 Å². The monoisotopic (exact) mass is 219 g/mol. The van der Waals surface area contributed by atoms with Crippen LogP contribution in [0.2, 0.25) is 0 Å². The summed E-state index contributed by atoms with van der Waals surface area (Å²) in [6.45, 7) is 1.56. The molecule has 0 bridgehead atoms. The number of hydrogen-bond acceptors (Lipinski definition) is 5. The van der Waals surface area contributed by atoms with Crippen molar-refractivity contribution in [3.05, 3.63) is 0 Å². The lowest BCUT2D eigenvalue weighted by Crippen LogP contribution is -2.03. The lowest BCUT2D eigenvalue weighted by molar-refractivity contribution is -0.115. The summed E-state index contributed by atoms with van der Waals surface area (Å²) < 4.78 is 0. The van der Waals surface area contributed by atoms with E-state index in [9.17, 15) is 9.59 Å². The minimum atomic E-state index is -0.0254. The summed E-state index contributed by atoms with van der Waals surface area (Å²) in [7, 11) is 3.28. The van der Waals surface area contributed by atoms with Gasteiger partial charge in [-0.3, -0.25) is 14.6 Å². The largest absolute Gasteiger partial charge is 0.298 e. The van der Waals surface area contributed by atoms with Gasteiger partial charge >= 0.3 is 0 Å². The van der Waals surface area contributed by atoms with Crippen LogP contribution in [-0.4, -0.2) is 36.3 Å². The molecule has 0 unspecified atom stereocenters. The van der Waals surface area contributed by atoms with Crippen LogP contribution >= 0.6 is 21.6 Å². The first-order valence-electron chi connectivity index (χ1n) is 3.84. The molecule has 0 aliphatic rings. The number of carbonyl (C=O) groups is 2. The summed E-state index contributed by atoms with van der Waals surface area (Å²) in [6, 6.07) is 0. The molecule has 0 rings (SSSR count). The lowest BCUT2D eigenvalue weighted by Gasteiger charge is -1.92. The zero-order valence-corrected chi connectivity index (χ0v) is 9.41. The van der Waals surface area contributed by atoms with Gasteiger partial charge in [0, 0.05) is 12.2 Å². The average molecular weight is 219 g/mol. The van der Waals surface area contributed by atoms with Crippen molar-refractivity contribution in [2.24, 2.45) is 4.99 Å². The molecule has 0 atom stereocenters. The minimum Gasteiger partial charge on any atom is -0.298 e. The molecule has 0 amide bonds. The van der Waals surface area contributed by atoms with E-state index in [1.54, 1.807) is 21.6 Å². The van der Waals surface area contributed by atoms with Gasteiger partial charge < -0.3 is 0 Å². The maximum absolute atomic E-state index is 11.0. The summed E-state index contributed by atoms with van der Waals surface area (Å²) in [5.41, 5.74) is 0. The molecular formula is C8H13NO2S2. The molecule has 0 N–H and O–H groups in total. The molecule has 3 nitrogen and oxygen atoms in total. The van der Waals surface area contributed by atoms with Gasteiger partial charge in [0.25, 0.3) is 0 Å². The highest BCUT2D eigenvalue weighted by Crippen LogP contribution is 2.17. The van der Waals surface area contributed by atoms with Crippen molar-refractivity contribution in [2.75, 3.05) is 18.6 Å². The van der Waals surface area contributed by atoms with Gasteiger partial charge in [-0.1, -0.05) is 21.6 Å². The molecule has 5 heteroatoms. The van der Waals surface area contributed by atoms with E-state index in [1.807, 2.05) is 6.26 Å². The van der Waals surface area contributed by atoms with E-state index in [0.717, 1.165) is 5.75 Å². The Hall–Kier alpha value is -0.290. The summed E-state index contributed by atoms with van der Waals surface area (Å²) in [5, 5.41) is 0.